The van der Waals surface area contributed by atoms with Gasteiger partial charge in [-0.15, -0.1) is 0 Å². The van der Waals surface area contributed by atoms with Crippen molar-refractivity contribution in [1.29, 1.82) is 0 Å². The summed E-state index contributed by atoms with van der Waals surface area (Å²) >= 11 is 0. The number of ether oxygens (including phenoxy) is 1. The smallest absolute Gasteiger partial charge is 0.0532 e. The molecule has 0 saturated heterocycles. The standard InChI is InChI=1S/C8H18O3.C7H16O4.C7H16O3/c1-2-3-4-8(5-9,6-10)7-11;1-11-3-2-7(4-8,5-9)6-10;1-2-3-7(4-8,5-9)6-10/h9-11H,2-7H2,1H3;8-10H,2-6H2,1H3;8-10H,2-6H2,1H3. The molecule has 9 N–H and O–H groups in total. The van der Waals surface area contributed by atoms with E-state index in [1.165, 1.54) is 7.11 Å². The predicted octanol–water partition coefficient (Wildman–Crippen LogP) is -1.12. The Morgan fingerprint density at radius 3 is 1.00 bits per heavy atom. The normalized spacial score (nSPS) is 12.0. The topological polar surface area (TPSA) is 191 Å². The summed E-state index contributed by atoms with van der Waals surface area (Å²) < 4.78 is 4.77. The van der Waals surface area contributed by atoms with Crippen LogP contribution in [0.2, 0.25) is 0 Å². The lowest BCUT2D eigenvalue weighted by atomic mass is 9.85. The summed E-state index contributed by atoms with van der Waals surface area (Å²) in [6.07, 6.45) is 4.63. The first-order valence-electron chi connectivity index (χ1n) is 11.2. The first-order valence-corrected chi connectivity index (χ1v) is 11.2. The highest BCUT2D eigenvalue weighted by Crippen LogP contribution is 2.23. The number of aliphatic hydroxyl groups is 9. The highest BCUT2D eigenvalue weighted by molar-refractivity contribution is 4.77. The second-order valence-corrected chi connectivity index (χ2v) is 8.52. The van der Waals surface area contributed by atoms with Crippen molar-refractivity contribution in [3.63, 3.8) is 0 Å². The molecule has 0 spiro atoms. The summed E-state index contributed by atoms with van der Waals surface area (Å²) in [5, 5.41) is 79.5. The molecule has 0 aliphatic carbocycles. The molecule has 10 nitrogen and oxygen atoms in total. The van der Waals surface area contributed by atoms with E-state index in [0.29, 0.717) is 25.9 Å². The van der Waals surface area contributed by atoms with Crippen LogP contribution in [0.4, 0.5) is 0 Å². The zero-order valence-electron chi connectivity index (χ0n) is 20.2. The molecule has 0 bridgehead atoms. The van der Waals surface area contributed by atoms with E-state index < -0.39 is 16.2 Å². The van der Waals surface area contributed by atoms with Gasteiger partial charge in [-0.2, -0.15) is 0 Å². The summed E-state index contributed by atoms with van der Waals surface area (Å²) in [5.41, 5.74) is -2.10. The lowest BCUT2D eigenvalue weighted by Gasteiger charge is -2.26. The van der Waals surface area contributed by atoms with Gasteiger partial charge in [-0.3, -0.25) is 0 Å². The molecule has 0 fully saturated rings. The molecule has 0 aliphatic heterocycles. The highest BCUT2D eigenvalue weighted by atomic mass is 16.5. The van der Waals surface area contributed by atoms with Gasteiger partial charge in [0.15, 0.2) is 0 Å². The van der Waals surface area contributed by atoms with Crippen molar-refractivity contribution in [3.8, 4) is 0 Å². The van der Waals surface area contributed by atoms with E-state index in [9.17, 15) is 0 Å². The Bertz CT molecular complexity index is 321. The third-order valence-corrected chi connectivity index (χ3v) is 5.70. The number of hydrogen-bond acceptors (Lipinski definition) is 10. The molecule has 0 heterocycles. The molecular weight excluding hydrogens is 424 g/mol. The van der Waals surface area contributed by atoms with E-state index in [-0.39, 0.29) is 59.5 Å². The monoisotopic (exact) mass is 474 g/mol. The van der Waals surface area contributed by atoms with Crippen molar-refractivity contribution in [1.82, 2.24) is 0 Å². The first-order chi connectivity index (χ1) is 15.2. The van der Waals surface area contributed by atoms with Crippen LogP contribution in [0, 0.1) is 16.2 Å². The zero-order chi connectivity index (χ0) is 25.5. The van der Waals surface area contributed by atoms with E-state index in [1.54, 1.807) is 0 Å². The van der Waals surface area contributed by atoms with Gasteiger partial charge in [0.2, 0.25) is 0 Å². The van der Waals surface area contributed by atoms with Crippen LogP contribution in [-0.4, -0.2) is 119 Å². The molecule has 0 aliphatic rings. The maximum Gasteiger partial charge on any atom is 0.0532 e. The number of aliphatic hydroxyl groups excluding tert-OH is 9. The Labute approximate surface area is 193 Å². The Kier molecular flexibility index (Phi) is 25.3. The van der Waals surface area contributed by atoms with Crippen molar-refractivity contribution in [2.24, 2.45) is 16.2 Å². The number of methoxy groups -OCH3 is 1. The summed E-state index contributed by atoms with van der Waals surface area (Å²) in [5.74, 6) is 0. The molecule has 0 aromatic carbocycles. The van der Waals surface area contributed by atoms with Crippen LogP contribution in [-0.2, 0) is 4.74 Å². The van der Waals surface area contributed by atoms with E-state index in [1.807, 2.05) is 13.8 Å². The molecule has 0 aromatic rings. The Balaban J connectivity index is -0.000000395. The molecule has 198 valence electrons. The minimum Gasteiger partial charge on any atom is -0.396 e. The minimum absolute atomic E-state index is 0.139. The van der Waals surface area contributed by atoms with E-state index in [2.05, 4.69) is 0 Å². The lowest BCUT2D eigenvalue weighted by Crippen LogP contribution is -2.35. The van der Waals surface area contributed by atoms with Crippen molar-refractivity contribution in [2.75, 3.05) is 73.2 Å². The second-order valence-electron chi connectivity index (χ2n) is 8.52. The molecule has 0 unspecified atom stereocenters. The molecule has 10 heteroatoms. The van der Waals surface area contributed by atoms with Gasteiger partial charge in [0.25, 0.3) is 0 Å². The largest absolute Gasteiger partial charge is 0.396 e. The molecular formula is C22H50O10. The van der Waals surface area contributed by atoms with Crippen LogP contribution >= 0.6 is 0 Å². The average Bonchev–Trinajstić information content (AvgIpc) is 2.86. The fraction of sp³-hybridized carbons (Fsp3) is 1.00. The summed E-state index contributed by atoms with van der Waals surface area (Å²) in [6.45, 7) is 2.92. The maximum absolute atomic E-state index is 8.88. The van der Waals surface area contributed by atoms with Gasteiger partial charge in [-0.1, -0.05) is 33.1 Å². The van der Waals surface area contributed by atoms with E-state index in [0.717, 1.165) is 19.3 Å². The van der Waals surface area contributed by atoms with Gasteiger partial charge < -0.3 is 50.7 Å². The molecule has 0 radical (unpaired) electrons. The quantitative estimate of drug-likeness (QED) is 0.125. The van der Waals surface area contributed by atoms with Gasteiger partial charge in [0.1, 0.15) is 0 Å². The van der Waals surface area contributed by atoms with E-state index >= 15 is 0 Å². The summed E-state index contributed by atoms with van der Waals surface area (Å²) in [6, 6.07) is 0. The fourth-order valence-electron chi connectivity index (χ4n) is 2.56. The molecule has 0 saturated carbocycles. The van der Waals surface area contributed by atoms with Gasteiger partial charge in [0, 0.05) is 30.0 Å². The van der Waals surface area contributed by atoms with E-state index in [4.69, 9.17) is 50.7 Å². The predicted molar refractivity (Wildman–Crippen MR) is 122 cm³/mol. The van der Waals surface area contributed by atoms with Crippen molar-refractivity contribution < 1.29 is 50.7 Å². The van der Waals surface area contributed by atoms with Gasteiger partial charge in [-0.05, 0) is 19.3 Å². The van der Waals surface area contributed by atoms with Gasteiger partial charge >= 0.3 is 0 Å². The summed E-state index contributed by atoms with van der Waals surface area (Å²) in [7, 11) is 1.54. The Hall–Kier alpha value is -0.400. The number of unbranched alkanes of at least 4 members (excludes halogenated alkanes) is 1. The third-order valence-electron chi connectivity index (χ3n) is 5.70. The van der Waals surface area contributed by atoms with Crippen LogP contribution < -0.4 is 0 Å². The second kappa shape index (κ2) is 22.4. The van der Waals surface area contributed by atoms with Gasteiger partial charge in [-0.25, -0.2) is 0 Å². The maximum atomic E-state index is 8.88. The average molecular weight is 475 g/mol. The molecule has 0 aromatic heterocycles. The fourth-order valence-corrected chi connectivity index (χ4v) is 2.56. The van der Waals surface area contributed by atoms with Crippen LogP contribution in [0.25, 0.3) is 0 Å². The zero-order valence-corrected chi connectivity index (χ0v) is 20.2. The van der Waals surface area contributed by atoms with Crippen molar-refractivity contribution in [2.45, 2.75) is 52.4 Å². The lowest BCUT2D eigenvalue weighted by molar-refractivity contribution is -0.0157. The molecule has 0 atom stereocenters. The molecule has 0 rings (SSSR count). The van der Waals surface area contributed by atoms with Crippen LogP contribution in [0.1, 0.15) is 52.4 Å². The van der Waals surface area contributed by atoms with Gasteiger partial charge in [0.05, 0.1) is 59.5 Å². The molecule has 32 heavy (non-hydrogen) atoms. The molecule has 0 amide bonds. The van der Waals surface area contributed by atoms with Crippen LogP contribution in [0.5, 0.6) is 0 Å². The third kappa shape index (κ3) is 14.7. The van der Waals surface area contributed by atoms with Crippen LogP contribution in [0.3, 0.4) is 0 Å². The highest BCUT2D eigenvalue weighted by Gasteiger charge is 2.28. The SMILES string of the molecule is CCCC(CO)(CO)CO.CCCCC(CO)(CO)CO.COCCC(CO)(CO)CO. The number of hydrogen-bond donors (Lipinski definition) is 9. The number of rotatable bonds is 17. The minimum atomic E-state index is -0.782. The summed E-state index contributed by atoms with van der Waals surface area (Å²) in [4.78, 5) is 0. The first kappa shape index (κ1) is 36.2. The van der Waals surface area contributed by atoms with Crippen molar-refractivity contribution in [3.05, 3.63) is 0 Å². The van der Waals surface area contributed by atoms with Crippen molar-refractivity contribution >= 4 is 0 Å². The van der Waals surface area contributed by atoms with Crippen LogP contribution in [0.15, 0.2) is 0 Å². The Morgan fingerprint density at radius 2 is 0.781 bits per heavy atom. The Morgan fingerprint density at radius 1 is 0.469 bits per heavy atom.